The van der Waals surface area contributed by atoms with Crippen molar-refractivity contribution >= 4 is 5.97 Å². The number of nitrogens with one attached hydrogen (secondary N) is 1. The van der Waals surface area contributed by atoms with E-state index in [-0.39, 0.29) is 5.69 Å². The van der Waals surface area contributed by atoms with Crippen LogP contribution in [0.4, 0.5) is 0 Å². The number of carboxylic acids is 1. The summed E-state index contributed by atoms with van der Waals surface area (Å²) >= 11 is 0. The van der Waals surface area contributed by atoms with Crippen LogP contribution < -0.4 is 0 Å². The van der Waals surface area contributed by atoms with E-state index in [1.807, 2.05) is 0 Å². The van der Waals surface area contributed by atoms with E-state index in [2.05, 4.69) is 9.97 Å². The summed E-state index contributed by atoms with van der Waals surface area (Å²) in [6, 6.07) is 0. The molecule has 1 fully saturated rings. The summed E-state index contributed by atoms with van der Waals surface area (Å²) < 4.78 is 0. The van der Waals surface area contributed by atoms with Crippen molar-refractivity contribution in [1.82, 2.24) is 9.97 Å². The summed E-state index contributed by atoms with van der Waals surface area (Å²) in [6.45, 7) is 0. The highest BCUT2D eigenvalue weighted by atomic mass is 16.4. The number of carbonyl (C=O) groups is 1. The molecule has 2 N–H and O–H groups in total. The van der Waals surface area contributed by atoms with Crippen molar-refractivity contribution < 1.29 is 9.90 Å². The molecule has 1 aliphatic carbocycles. The Kier molecular flexibility index (Phi) is 2.04. The molecule has 4 heteroatoms. The van der Waals surface area contributed by atoms with Crippen molar-refractivity contribution in [2.45, 2.75) is 31.6 Å². The van der Waals surface area contributed by atoms with E-state index in [4.69, 9.17) is 5.11 Å². The molecule has 4 nitrogen and oxygen atoms in total. The van der Waals surface area contributed by atoms with Crippen LogP contribution in [0, 0.1) is 0 Å². The largest absolute Gasteiger partial charge is 0.476 e. The van der Waals surface area contributed by atoms with E-state index in [0.717, 1.165) is 18.5 Å². The molecule has 0 spiro atoms. The van der Waals surface area contributed by atoms with Gasteiger partial charge in [-0.3, -0.25) is 0 Å². The van der Waals surface area contributed by atoms with Gasteiger partial charge >= 0.3 is 5.97 Å². The summed E-state index contributed by atoms with van der Waals surface area (Å²) in [7, 11) is 0. The van der Waals surface area contributed by atoms with Crippen molar-refractivity contribution in [2.75, 3.05) is 0 Å². The maximum Gasteiger partial charge on any atom is 0.356 e. The van der Waals surface area contributed by atoms with Gasteiger partial charge in [0.1, 0.15) is 0 Å². The lowest BCUT2D eigenvalue weighted by atomic mass is 10.0. The van der Waals surface area contributed by atoms with Crippen LogP contribution in [0.3, 0.4) is 0 Å². The number of nitrogens with zero attached hydrogens (tertiary/aromatic N) is 1. The van der Waals surface area contributed by atoms with Crippen LogP contribution in [-0.2, 0) is 0 Å². The van der Waals surface area contributed by atoms with Gasteiger partial charge in [0.25, 0.3) is 0 Å². The number of hydrogen-bond acceptors (Lipinski definition) is 2. The zero-order valence-corrected chi connectivity index (χ0v) is 7.29. The Morgan fingerprint density at radius 2 is 2.23 bits per heavy atom. The molecule has 1 saturated carbocycles. The highest BCUT2D eigenvalue weighted by molar-refractivity contribution is 5.86. The number of imidazole rings is 1. The molecule has 0 bridgehead atoms. The van der Waals surface area contributed by atoms with Crippen LogP contribution in [0.25, 0.3) is 0 Å². The second-order valence-electron chi connectivity index (χ2n) is 3.45. The number of aromatic nitrogens is 2. The zero-order valence-electron chi connectivity index (χ0n) is 7.29. The maximum atomic E-state index is 10.8. The van der Waals surface area contributed by atoms with Crippen LogP contribution in [0.2, 0.25) is 0 Å². The lowest BCUT2D eigenvalue weighted by molar-refractivity contribution is 0.0689. The van der Waals surface area contributed by atoms with E-state index < -0.39 is 5.97 Å². The molecule has 0 radical (unpaired) electrons. The highest BCUT2D eigenvalue weighted by Crippen LogP contribution is 2.34. The molecule has 1 aliphatic rings. The summed E-state index contributed by atoms with van der Waals surface area (Å²) in [6.07, 6.45) is 6.04. The maximum absolute atomic E-state index is 10.8. The fourth-order valence-electron chi connectivity index (χ4n) is 2.00. The third-order valence-corrected chi connectivity index (χ3v) is 2.63. The number of carboxylic acid groups (broad SMARTS) is 1. The number of aromatic carboxylic acids is 1. The second-order valence-corrected chi connectivity index (χ2v) is 3.45. The molecule has 13 heavy (non-hydrogen) atoms. The Bertz CT molecular complexity index is 313. The van der Waals surface area contributed by atoms with Gasteiger partial charge in [-0.1, -0.05) is 12.8 Å². The molecule has 0 aliphatic heterocycles. The minimum absolute atomic E-state index is 0.201. The van der Waals surface area contributed by atoms with Gasteiger partial charge < -0.3 is 10.1 Å². The van der Waals surface area contributed by atoms with Gasteiger partial charge in [0.2, 0.25) is 0 Å². The first-order chi connectivity index (χ1) is 6.29. The number of aromatic amines is 1. The van der Waals surface area contributed by atoms with Gasteiger partial charge in [-0.05, 0) is 12.8 Å². The molecule has 0 atom stereocenters. The Morgan fingerprint density at radius 1 is 1.54 bits per heavy atom. The van der Waals surface area contributed by atoms with Crippen molar-refractivity contribution in [1.29, 1.82) is 0 Å². The number of hydrogen-bond donors (Lipinski definition) is 2. The molecule has 1 aromatic heterocycles. The van der Waals surface area contributed by atoms with Crippen molar-refractivity contribution in [3.05, 3.63) is 17.7 Å². The first-order valence-electron chi connectivity index (χ1n) is 4.55. The Balaban J connectivity index is 2.28. The van der Waals surface area contributed by atoms with Crippen LogP contribution >= 0.6 is 0 Å². The predicted molar refractivity (Wildman–Crippen MR) is 46.8 cm³/mol. The topological polar surface area (TPSA) is 66.0 Å². The fourth-order valence-corrected chi connectivity index (χ4v) is 2.00. The quantitative estimate of drug-likeness (QED) is 0.728. The lowest BCUT2D eigenvalue weighted by Gasteiger charge is -2.06. The Labute approximate surface area is 76.0 Å². The Morgan fingerprint density at radius 3 is 2.85 bits per heavy atom. The van der Waals surface area contributed by atoms with Gasteiger partial charge in [0, 0.05) is 5.92 Å². The van der Waals surface area contributed by atoms with E-state index >= 15 is 0 Å². The molecule has 0 amide bonds. The molecule has 0 saturated heterocycles. The summed E-state index contributed by atoms with van der Waals surface area (Å²) in [5, 5.41) is 8.83. The van der Waals surface area contributed by atoms with Crippen molar-refractivity contribution in [3.8, 4) is 0 Å². The third kappa shape index (κ3) is 1.43. The van der Waals surface area contributed by atoms with Crippen LogP contribution in [-0.4, -0.2) is 21.0 Å². The lowest BCUT2D eigenvalue weighted by Crippen LogP contribution is -2.04. The van der Waals surface area contributed by atoms with Crippen LogP contribution in [0.15, 0.2) is 6.33 Å². The molecule has 1 aromatic rings. The van der Waals surface area contributed by atoms with Crippen molar-refractivity contribution in [3.63, 3.8) is 0 Å². The first-order valence-corrected chi connectivity index (χ1v) is 4.55. The average molecular weight is 180 g/mol. The zero-order chi connectivity index (χ0) is 9.26. The summed E-state index contributed by atoms with van der Waals surface area (Å²) in [4.78, 5) is 17.5. The molecular weight excluding hydrogens is 168 g/mol. The average Bonchev–Trinajstić information content (AvgIpc) is 2.74. The van der Waals surface area contributed by atoms with Gasteiger partial charge in [-0.15, -0.1) is 0 Å². The summed E-state index contributed by atoms with van der Waals surface area (Å²) in [5.41, 5.74) is 1.01. The molecule has 2 rings (SSSR count). The van der Waals surface area contributed by atoms with Crippen LogP contribution in [0.5, 0.6) is 0 Å². The van der Waals surface area contributed by atoms with E-state index in [9.17, 15) is 4.79 Å². The van der Waals surface area contributed by atoms with E-state index in [1.54, 1.807) is 0 Å². The smallest absolute Gasteiger partial charge is 0.356 e. The first kappa shape index (κ1) is 8.29. The third-order valence-electron chi connectivity index (χ3n) is 2.63. The van der Waals surface area contributed by atoms with Gasteiger partial charge in [-0.2, -0.15) is 0 Å². The normalized spacial score (nSPS) is 17.8. The van der Waals surface area contributed by atoms with Gasteiger partial charge in [0.15, 0.2) is 5.69 Å². The molecular formula is C9H12N2O2. The van der Waals surface area contributed by atoms with Gasteiger partial charge in [0.05, 0.1) is 12.0 Å². The standard InChI is InChI=1S/C9H12N2O2/c12-9(13)8-7(10-5-11-8)6-3-1-2-4-6/h5-6H,1-4H2,(H,10,11)(H,12,13). The Hall–Kier alpha value is -1.32. The highest BCUT2D eigenvalue weighted by Gasteiger charge is 2.24. The number of rotatable bonds is 2. The van der Waals surface area contributed by atoms with Crippen LogP contribution in [0.1, 0.15) is 47.8 Å². The van der Waals surface area contributed by atoms with E-state index in [0.29, 0.717) is 5.92 Å². The molecule has 70 valence electrons. The second kappa shape index (κ2) is 3.20. The summed E-state index contributed by atoms with van der Waals surface area (Å²) in [5.74, 6) is -0.545. The van der Waals surface area contributed by atoms with E-state index in [1.165, 1.54) is 19.2 Å². The minimum Gasteiger partial charge on any atom is -0.476 e. The van der Waals surface area contributed by atoms with Crippen molar-refractivity contribution in [2.24, 2.45) is 0 Å². The van der Waals surface area contributed by atoms with Gasteiger partial charge in [-0.25, -0.2) is 9.78 Å². The number of H-pyrrole nitrogens is 1. The molecule has 1 heterocycles. The SMILES string of the molecule is O=C(O)c1nc[nH]c1C1CCCC1. The molecule has 0 unspecified atom stereocenters. The monoisotopic (exact) mass is 180 g/mol. The minimum atomic E-state index is -0.928. The molecule has 0 aromatic carbocycles. The fraction of sp³-hybridized carbons (Fsp3) is 0.556. The predicted octanol–water partition coefficient (Wildman–Crippen LogP) is 1.77.